The molecule has 2 aliphatic heterocycles. The fourth-order valence-electron chi connectivity index (χ4n) is 4.79. The van der Waals surface area contributed by atoms with E-state index in [2.05, 4.69) is 24.8 Å². The van der Waals surface area contributed by atoms with Gasteiger partial charge in [0, 0.05) is 44.4 Å². The Morgan fingerprint density at radius 2 is 1.73 bits per heavy atom. The van der Waals surface area contributed by atoms with Crippen LogP contribution in [0.5, 0.6) is 5.75 Å². The molecular formula is C25H29F3N2O3. The minimum absolute atomic E-state index is 0.0860. The number of likely N-dealkylation sites (tertiary alicyclic amines) is 2. The van der Waals surface area contributed by atoms with Gasteiger partial charge < -0.3 is 14.4 Å². The smallest absolute Gasteiger partial charge is 0.416 e. The number of carbonyl (C=O) groups excluding carboxylic acids is 1. The van der Waals surface area contributed by atoms with Gasteiger partial charge in [0.1, 0.15) is 12.4 Å². The fourth-order valence-corrected chi connectivity index (χ4v) is 4.79. The number of benzene rings is 2. The third-order valence-corrected chi connectivity index (χ3v) is 6.84. The van der Waals surface area contributed by atoms with E-state index < -0.39 is 11.7 Å². The molecule has 0 radical (unpaired) electrons. The standard InChI is InChI=1S/C25H29F3N2O3/c1-16-17(2)23(33-11-10-32-3)9-6-19(16)13-29-14-22-12-21(29)15-30(22)24(31)18-4-7-20(8-5-18)25(26,27)28/h4-9,21-22H,10-15H2,1-3H3/t21-,22-/m0/s1. The molecule has 2 aromatic rings. The number of amides is 1. The fraction of sp³-hybridized carbons (Fsp3) is 0.480. The molecule has 8 heteroatoms. The van der Waals surface area contributed by atoms with Crippen molar-refractivity contribution >= 4 is 5.91 Å². The number of fused-ring (bicyclic) bond motifs is 2. The second kappa shape index (κ2) is 9.35. The maximum atomic E-state index is 12.9. The Hall–Kier alpha value is -2.58. The molecule has 0 saturated carbocycles. The van der Waals surface area contributed by atoms with E-state index >= 15 is 0 Å². The van der Waals surface area contributed by atoms with Crippen molar-refractivity contribution in [2.45, 2.75) is 45.1 Å². The summed E-state index contributed by atoms with van der Waals surface area (Å²) in [4.78, 5) is 17.1. The van der Waals surface area contributed by atoms with Crippen molar-refractivity contribution in [3.8, 4) is 5.75 Å². The Bertz CT molecular complexity index is 1010. The molecule has 1 amide bonds. The number of methoxy groups -OCH3 is 1. The van der Waals surface area contributed by atoms with E-state index in [1.165, 1.54) is 23.3 Å². The SMILES string of the molecule is COCCOc1ccc(CN2C[C@@H]3C[C@H]2CN3C(=O)c2ccc(C(F)(F)F)cc2)c(C)c1C. The first-order valence-electron chi connectivity index (χ1n) is 11.1. The molecule has 2 aromatic carbocycles. The first-order valence-corrected chi connectivity index (χ1v) is 11.1. The lowest BCUT2D eigenvalue weighted by atomic mass is 10.0. The number of ether oxygens (including phenoxy) is 2. The van der Waals surface area contributed by atoms with Crippen molar-refractivity contribution in [2.75, 3.05) is 33.4 Å². The van der Waals surface area contributed by atoms with E-state index in [1.54, 1.807) is 7.11 Å². The first kappa shape index (κ1) is 23.6. The molecule has 0 aliphatic carbocycles. The van der Waals surface area contributed by atoms with Crippen LogP contribution < -0.4 is 4.74 Å². The van der Waals surface area contributed by atoms with Gasteiger partial charge in [0.15, 0.2) is 0 Å². The van der Waals surface area contributed by atoms with Gasteiger partial charge in [-0.05, 0) is 67.3 Å². The van der Waals surface area contributed by atoms with E-state index in [0.717, 1.165) is 43.0 Å². The number of carbonyl (C=O) groups is 1. The van der Waals surface area contributed by atoms with Crippen LogP contribution in [0.25, 0.3) is 0 Å². The number of rotatable bonds is 7. The predicted octanol–water partition coefficient (Wildman–Crippen LogP) is 4.45. The number of hydrogen-bond acceptors (Lipinski definition) is 4. The van der Waals surface area contributed by atoms with Crippen molar-refractivity contribution in [3.05, 3.63) is 64.2 Å². The second-order valence-electron chi connectivity index (χ2n) is 8.82. The minimum atomic E-state index is -4.40. The van der Waals surface area contributed by atoms with Crippen LogP contribution in [-0.4, -0.2) is 61.2 Å². The average molecular weight is 463 g/mol. The third-order valence-electron chi connectivity index (χ3n) is 6.84. The molecule has 2 saturated heterocycles. The maximum Gasteiger partial charge on any atom is 0.416 e. The number of piperazine rings is 1. The maximum absolute atomic E-state index is 12.9. The zero-order valence-electron chi connectivity index (χ0n) is 19.1. The highest BCUT2D eigenvalue weighted by Crippen LogP contribution is 2.35. The first-order chi connectivity index (χ1) is 15.7. The van der Waals surface area contributed by atoms with Crippen LogP contribution in [0.1, 0.15) is 39.0 Å². The quantitative estimate of drug-likeness (QED) is 0.571. The van der Waals surface area contributed by atoms with E-state index in [9.17, 15) is 18.0 Å². The molecule has 4 rings (SSSR count). The topological polar surface area (TPSA) is 42.0 Å². The number of alkyl halides is 3. The summed E-state index contributed by atoms with van der Waals surface area (Å²) in [6.45, 7) is 7.37. The van der Waals surface area contributed by atoms with Crippen LogP contribution in [0, 0.1) is 13.8 Å². The predicted molar refractivity (Wildman–Crippen MR) is 118 cm³/mol. The molecule has 2 fully saturated rings. The number of hydrogen-bond donors (Lipinski definition) is 0. The van der Waals surface area contributed by atoms with Crippen molar-refractivity contribution in [3.63, 3.8) is 0 Å². The van der Waals surface area contributed by atoms with E-state index in [1.807, 2.05) is 11.0 Å². The van der Waals surface area contributed by atoms with Crippen LogP contribution in [0.3, 0.4) is 0 Å². The summed E-state index contributed by atoms with van der Waals surface area (Å²) in [5.41, 5.74) is 3.11. The van der Waals surface area contributed by atoms with Gasteiger partial charge in [0.25, 0.3) is 5.91 Å². The van der Waals surface area contributed by atoms with Gasteiger partial charge >= 0.3 is 6.18 Å². The van der Waals surface area contributed by atoms with Crippen molar-refractivity contribution < 1.29 is 27.4 Å². The normalized spacial score (nSPS) is 20.5. The van der Waals surface area contributed by atoms with E-state index in [0.29, 0.717) is 25.3 Å². The van der Waals surface area contributed by atoms with Crippen LogP contribution in [0.2, 0.25) is 0 Å². The van der Waals surface area contributed by atoms with Gasteiger partial charge in [0.05, 0.1) is 12.2 Å². The van der Waals surface area contributed by atoms with Crippen LogP contribution in [0.4, 0.5) is 13.2 Å². The van der Waals surface area contributed by atoms with Crippen LogP contribution in [-0.2, 0) is 17.5 Å². The molecule has 2 bridgehead atoms. The van der Waals surface area contributed by atoms with Crippen LogP contribution >= 0.6 is 0 Å². The lowest BCUT2D eigenvalue weighted by Crippen LogP contribution is -2.48. The summed E-state index contributed by atoms with van der Waals surface area (Å²) in [7, 11) is 1.65. The molecule has 33 heavy (non-hydrogen) atoms. The lowest BCUT2D eigenvalue weighted by molar-refractivity contribution is -0.137. The molecular weight excluding hydrogens is 433 g/mol. The van der Waals surface area contributed by atoms with Gasteiger partial charge in [-0.25, -0.2) is 0 Å². The molecule has 2 aliphatic rings. The van der Waals surface area contributed by atoms with Gasteiger partial charge in [-0.3, -0.25) is 9.69 Å². The molecule has 0 unspecified atom stereocenters. The van der Waals surface area contributed by atoms with Gasteiger partial charge in [-0.2, -0.15) is 13.2 Å². The van der Waals surface area contributed by atoms with Gasteiger partial charge in [-0.1, -0.05) is 6.07 Å². The Balaban J connectivity index is 1.38. The van der Waals surface area contributed by atoms with Crippen molar-refractivity contribution in [1.29, 1.82) is 0 Å². The lowest BCUT2D eigenvalue weighted by Gasteiger charge is -2.34. The molecule has 2 heterocycles. The number of halogens is 3. The number of nitrogens with zero attached hydrogens (tertiary/aromatic N) is 2. The molecule has 0 spiro atoms. The van der Waals surface area contributed by atoms with Gasteiger partial charge in [0.2, 0.25) is 0 Å². The largest absolute Gasteiger partial charge is 0.491 e. The highest BCUT2D eigenvalue weighted by atomic mass is 19.4. The van der Waals surface area contributed by atoms with E-state index in [-0.39, 0.29) is 18.0 Å². The molecule has 178 valence electrons. The second-order valence-corrected chi connectivity index (χ2v) is 8.82. The summed E-state index contributed by atoms with van der Waals surface area (Å²) < 4.78 is 49.2. The highest BCUT2D eigenvalue weighted by Gasteiger charge is 2.45. The zero-order chi connectivity index (χ0) is 23.8. The monoisotopic (exact) mass is 462 g/mol. The molecule has 5 nitrogen and oxygen atoms in total. The minimum Gasteiger partial charge on any atom is -0.491 e. The van der Waals surface area contributed by atoms with Crippen molar-refractivity contribution in [1.82, 2.24) is 9.80 Å². The Morgan fingerprint density at radius 1 is 1.00 bits per heavy atom. The average Bonchev–Trinajstić information content (AvgIpc) is 3.38. The summed E-state index contributed by atoms with van der Waals surface area (Å²) >= 11 is 0. The zero-order valence-corrected chi connectivity index (χ0v) is 19.1. The molecule has 2 atom stereocenters. The summed E-state index contributed by atoms with van der Waals surface area (Å²) in [6, 6.07) is 8.94. The summed E-state index contributed by atoms with van der Waals surface area (Å²) in [5, 5.41) is 0. The van der Waals surface area contributed by atoms with Crippen LogP contribution in [0.15, 0.2) is 36.4 Å². The van der Waals surface area contributed by atoms with Crippen molar-refractivity contribution in [2.24, 2.45) is 0 Å². The summed E-state index contributed by atoms with van der Waals surface area (Å²) in [6.07, 6.45) is -3.51. The third kappa shape index (κ3) is 4.87. The Kier molecular flexibility index (Phi) is 6.68. The van der Waals surface area contributed by atoms with E-state index in [4.69, 9.17) is 9.47 Å². The summed E-state index contributed by atoms with van der Waals surface area (Å²) in [5.74, 6) is 0.671. The Morgan fingerprint density at radius 3 is 2.33 bits per heavy atom. The molecule has 0 aromatic heterocycles. The highest BCUT2D eigenvalue weighted by molar-refractivity contribution is 5.94. The Labute approximate surface area is 192 Å². The van der Waals surface area contributed by atoms with Gasteiger partial charge in [-0.15, -0.1) is 0 Å². The molecule has 0 N–H and O–H groups in total.